The van der Waals surface area contributed by atoms with Crippen molar-refractivity contribution in [3.8, 4) is 0 Å². The predicted octanol–water partition coefficient (Wildman–Crippen LogP) is 1.80. The number of carbonyl (C=O) groups excluding carboxylic acids is 3. The lowest BCUT2D eigenvalue weighted by Crippen LogP contribution is -2.52. The van der Waals surface area contributed by atoms with Crippen LogP contribution in [0, 0.1) is 0 Å². The minimum atomic E-state index is -0.547. The molecule has 126 valence electrons. The number of benzene rings is 1. The zero-order valence-corrected chi connectivity index (χ0v) is 13.5. The molecule has 1 saturated carbocycles. The van der Waals surface area contributed by atoms with E-state index in [0.29, 0.717) is 24.6 Å². The fourth-order valence-electron chi connectivity index (χ4n) is 3.97. The smallest absolute Gasteiger partial charge is 0.255 e. The molecule has 3 aliphatic rings. The van der Waals surface area contributed by atoms with E-state index >= 15 is 0 Å². The largest absolute Gasteiger partial charge is 0.382 e. The molecule has 2 aliphatic heterocycles. The lowest BCUT2D eigenvalue weighted by Gasteiger charge is -2.29. The number of hydrogen-bond donors (Lipinski definition) is 2. The van der Waals surface area contributed by atoms with E-state index in [1.54, 1.807) is 4.90 Å². The molecule has 6 heteroatoms. The quantitative estimate of drug-likeness (QED) is 0.830. The Labute approximate surface area is 140 Å². The molecular formula is C18H21N3O3. The second kappa shape index (κ2) is 5.92. The van der Waals surface area contributed by atoms with Crippen molar-refractivity contribution >= 4 is 23.4 Å². The van der Waals surface area contributed by atoms with Crippen LogP contribution in [0.15, 0.2) is 18.2 Å². The summed E-state index contributed by atoms with van der Waals surface area (Å²) in [5, 5.41) is 5.87. The van der Waals surface area contributed by atoms with Gasteiger partial charge in [-0.3, -0.25) is 19.7 Å². The number of nitrogens with one attached hydrogen (secondary N) is 2. The van der Waals surface area contributed by atoms with E-state index in [9.17, 15) is 14.4 Å². The number of hydrogen-bond acceptors (Lipinski definition) is 4. The summed E-state index contributed by atoms with van der Waals surface area (Å²) >= 11 is 0. The fraction of sp³-hybridized carbons (Fsp3) is 0.500. The average Bonchev–Trinajstić information content (AvgIpc) is 3.16. The van der Waals surface area contributed by atoms with Crippen molar-refractivity contribution in [3.05, 3.63) is 29.3 Å². The first-order valence-electron chi connectivity index (χ1n) is 8.66. The Morgan fingerprint density at radius 2 is 1.88 bits per heavy atom. The Morgan fingerprint density at radius 3 is 2.62 bits per heavy atom. The summed E-state index contributed by atoms with van der Waals surface area (Å²) in [6.07, 6.45) is 5.61. The summed E-state index contributed by atoms with van der Waals surface area (Å²) in [6.45, 7) is 0.431. The zero-order chi connectivity index (χ0) is 16.7. The molecule has 0 spiro atoms. The predicted molar refractivity (Wildman–Crippen MR) is 88.4 cm³/mol. The lowest BCUT2D eigenvalue weighted by atomic mass is 10.0. The highest BCUT2D eigenvalue weighted by Gasteiger charge is 2.39. The molecule has 1 saturated heterocycles. The highest BCUT2D eigenvalue weighted by atomic mass is 16.2. The van der Waals surface area contributed by atoms with Gasteiger partial charge < -0.3 is 10.2 Å². The normalized spacial score (nSPS) is 24.2. The highest BCUT2D eigenvalue weighted by molar-refractivity contribution is 6.05. The van der Waals surface area contributed by atoms with Crippen molar-refractivity contribution in [1.82, 2.24) is 10.2 Å². The molecule has 24 heavy (non-hydrogen) atoms. The van der Waals surface area contributed by atoms with Gasteiger partial charge in [0.1, 0.15) is 6.04 Å². The Kier molecular flexibility index (Phi) is 3.75. The van der Waals surface area contributed by atoms with Crippen LogP contribution in [-0.2, 0) is 16.1 Å². The van der Waals surface area contributed by atoms with Gasteiger partial charge in [0.2, 0.25) is 11.8 Å². The van der Waals surface area contributed by atoms with Gasteiger partial charge in [0.25, 0.3) is 5.91 Å². The van der Waals surface area contributed by atoms with Gasteiger partial charge in [-0.1, -0.05) is 12.8 Å². The van der Waals surface area contributed by atoms with Gasteiger partial charge in [-0.25, -0.2) is 0 Å². The van der Waals surface area contributed by atoms with Gasteiger partial charge in [-0.05, 0) is 43.0 Å². The first-order chi connectivity index (χ1) is 11.6. The molecule has 1 aliphatic carbocycles. The van der Waals surface area contributed by atoms with E-state index in [2.05, 4.69) is 10.6 Å². The van der Waals surface area contributed by atoms with E-state index in [0.717, 1.165) is 11.3 Å². The molecular weight excluding hydrogens is 306 g/mol. The minimum Gasteiger partial charge on any atom is -0.382 e. The molecule has 1 aromatic carbocycles. The van der Waals surface area contributed by atoms with E-state index in [4.69, 9.17) is 0 Å². The fourth-order valence-corrected chi connectivity index (χ4v) is 3.97. The van der Waals surface area contributed by atoms with Crippen LogP contribution in [0.2, 0.25) is 0 Å². The Bertz CT molecular complexity index is 709. The maximum absolute atomic E-state index is 12.6. The summed E-state index contributed by atoms with van der Waals surface area (Å²) in [5.41, 5.74) is 2.66. The molecule has 3 amide bonds. The number of nitrogens with zero attached hydrogens (tertiary/aromatic N) is 1. The van der Waals surface area contributed by atoms with E-state index < -0.39 is 6.04 Å². The van der Waals surface area contributed by atoms with Crippen LogP contribution in [0.3, 0.4) is 0 Å². The third-order valence-corrected chi connectivity index (χ3v) is 5.25. The second-order valence-electron chi connectivity index (χ2n) is 6.90. The number of carbonyl (C=O) groups is 3. The van der Waals surface area contributed by atoms with Crippen LogP contribution in [0.5, 0.6) is 0 Å². The van der Waals surface area contributed by atoms with Crippen LogP contribution in [0.25, 0.3) is 0 Å². The SMILES string of the molecule is O=C1CCC(N2Cc3cc(NC4CCCC4)ccc3C2=O)C(=O)N1. The summed E-state index contributed by atoms with van der Waals surface area (Å²) in [4.78, 5) is 37.6. The first kappa shape index (κ1) is 15.2. The summed E-state index contributed by atoms with van der Waals surface area (Å²) < 4.78 is 0. The summed E-state index contributed by atoms with van der Waals surface area (Å²) in [7, 11) is 0. The maximum atomic E-state index is 12.6. The molecule has 2 fully saturated rings. The summed E-state index contributed by atoms with van der Waals surface area (Å²) in [6, 6.07) is 5.79. The van der Waals surface area contributed by atoms with Crippen LogP contribution in [-0.4, -0.2) is 34.7 Å². The molecule has 0 bridgehead atoms. The number of rotatable bonds is 3. The van der Waals surface area contributed by atoms with Crippen molar-refractivity contribution in [2.75, 3.05) is 5.32 Å². The maximum Gasteiger partial charge on any atom is 0.255 e. The average molecular weight is 327 g/mol. The van der Waals surface area contributed by atoms with Gasteiger partial charge in [0.15, 0.2) is 0 Å². The molecule has 0 radical (unpaired) electrons. The molecule has 0 aromatic heterocycles. The number of fused-ring (bicyclic) bond motifs is 1. The van der Waals surface area contributed by atoms with E-state index in [-0.39, 0.29) is 24.1 Å². The van der Waals surface area contributed by atoms with Crippen LogP contribution in [0.1, 0.15) is 54.4 Å². The van der Waals surface area contributed by atoms with Crippen molar-refractivity contribution < 1.29 is 14.4 Å². The van der Waals surface area contributed by atoms with Gasteiger partial charge in [0.05, 0.1) is 0 Å². The Morgan fingerprint density at radius 1 is 1.08 bits per heavy atom. The molecule has 1 atom stereocenters. The van der Waals surface area contributed by atoms with Crippen LogP contribution < -0.4 is 10.6 Å². The van der Waals surface area contributed by atoms with Gasteiger partial charge >= 0.3 is 0 Å². The zero-order valence-electron chi connectivity index (χ0n) is 13.5. The van der Waals surface area contributed by atoms with Gasteiger partial charge in [-0.15, -0.1) is 0 Å². The third-order valence-electron chi connectivity index (χ3n) is 5.25. The minimum absolute atomic E-state index is 0.119. The Hall–Kier alpha value is -2.37. The Balaban J connectivity index is 1.51. The van der Waals surface area contributed by atoms with Crippen molar-refractivity contribution in [2.45, 2.75) is 57.2 Å². The molecule has 1 unspecified atom stereocenters. The molecule has 2 heterocycles. The summed E-state index contributed by atoms with van der Waals surface area (Å²) in [5.74, 6) is -0.743. The highest BCUT2D eigenvalue weighted by Crippen LogP contribution is 2.30. The molecule has 2 N–H and O–H groups in total. The first-order valence-corrected chi connectivity index (χ1v) is 8.66. The van der Waals surface area contributed by atoms with Gasteiger partial charge in [-0.2, -0.15) is 0 Å². The van der Waals surface area contributed by atoms with Crippen molar-refractivity contribution in [1.29, 1.82) is 0 Å². The van der Waals surface area contributed by atoms with E-state index in [1.807, 2.05) is 18.2 Å². The van der Waals surface area contributed by atoms with Gasteiger partial charge in [0, 0.05) is 30.3 Å². The second-order valence-corrected chi connectivity index (χ2v) is 6.90. The number of amides is 3. The number of piperidine rings is 1. The number of imide groups is 1. The van der Waals surface area contributed by atoms with Crippen LogP contribution >= 0.6 is 0 Å². The molecule has 6 nitrogen and oxygen atoms in total. The lowest BCUT2D eigenvalue weighted by molar-refractivity contribution is -0.136. The van der Waals surface area contributed by atoms with Crippen molar-refractivity contribution in [2.24, 2.45) is 0 Å². The van der Waals surface area contributed by atoms with Crippen LogP contribution in [0.4, 0.5) is 5.69 Å². The molecule has 4 rings (SSSR count). The third kappa shape index (κ3) is 2.66. The standard InChI is InChI=1S/C18H21N3O3/c22-16-8-7-15(17(23)20-16)21-10-11-9-13(5-6-14(11)18(21)24)19-12-3-1-2-4-12/h5-6,9,12,15,19H,1-4,7-8,10H2,(H,20,22,23). The topological polar surface area (TPSA) is 78.5 Å². The van der Waals surface area contributed by atoms with Crippen molar-refractivity contribution in [3.63, 3.8) is 0 Å². The molecule has 1 aromatic rings. The monoisotopic (exact) mass is 327 g/mol. The van der Waals surface area contributed by atoms with E-state index in [1.165, 1.54) is 25.7 Å². The number of anilines is 1.